The molecule has 1 N–H and O–H groups in total. The van der Waals surface area contributed by atoms with Gasteiger partial charge in [0.1, 0.15) is 5.75 Å². The maximum absolute atomic E-state index is 12.5. The van der Waals surface area contributed by atoms with Crippen LogP contribution in [0.1, 0.15) is 29.5 Å². The van der Waals surface area contributed by atoms with Crippen LogP contribution in [0.5, 0.6) is 5.75 Å². The maximum Gasteiger partial charge on any atom is 0.241 e. The minimum absolute atomic E-state index is 0.0844. The van der Waals surface area contributed by atoms with E-state index in [2.05, 4.69) is 27.6 Å². The summed E-state index contributed by atoms with van der Waals surface area (Å²) in [5.41, 5.74) is 5.01. The van der Waals surface area contributed by atoms with Gasteiger partial charge in [0.05, 0.1) is 19.7 Å². The van der Waals surface area contributed by atoms with Crippen LogP contribution in [0.15, 0.2) is 40.9 Å². The summed E-state index contributed by atoms with van der Waals surface area (Å²) in [6.07, 6.45) is 0. The second-order valence-corrected chi connectivity index (χ2v) is 7.46. The topological polar surface area (TPSA) is 80.5 Å². The third-order valence-electron chi connectivity index (χ3n) is 4.65. The number of ether oxygens (including phenoxy) is 1. The Morgan fingerprint density at radius 1 is 1.13 bits per heavy atom. The van der Waals surface area contributed by atoms with Crippen molar-refractivity contribution in [1.29, 1.82) is 0 Å². The lowest BCUT2D eigenvalue weighted by Gasteiger charge is -2.16. The van der Waals surface area contributed by atoms with E-state index >= 15 is 0 Å². The number of amides is 1. The number of likely N-dealkylation sites (N-methyl/N-ethyl adjacent to an activating group) is 1. The number of rotatable bonds is 8. The van der Waals surface area contributed by atoms with Crippen LogP contribution >= 0.6 is 0 Å². The van der Waals surface area contributed by atoms with Gasteiger partial charge in [-0.1, -0.05) is 22.9 Å². The Labute approximate surface area is 177 Å². The van der Waals surface area contributed by atoms with Crippen molar-refractivity contribution in [3.63, 3.8) is 0 Å². The van der Waals surface area contributed by atoms with Gasteiger partial charge in [-0.3, -0.25) is 9.69 Å². The summed E-state index contributed by atoms with van der Waals surface area (Å²) in [5, 5.41) is 7.05. The number of hydrogen-bond acceptors (Lipinski definition) is 6. The van der Waals surface area contributed by atoms with Gasteiger partial charge in [0.15, 0.2) is 0 Å². The summed E-state index contributed by atoms with van der Waals surface area (Å²) in [5.74, 6) is 1.68. The molecule has 0 fully saturated rings. The summed E-state index contributed by atoms with van der Waals surface area (Å²) in [4.78, 5) is 18.8. The lowest BCUT2D eigenvalue weighted by Crippen LogP contribution is -2.30. The molecule has 7 nitrogen and oxygen atoms in total. The van der Waals surface area contributed by atoms with Crippen molar-refractivity contribution in [2.24, 2.45) is 0 Å². The number of hydrogen-bond donors (Lipinski definition) is 1. The Hall–Kier alpha value is -3.19. The molecule has 0 saturated heterocycles. The van der Waals surface area contributed by atoms with Crippen molar-refractivity contribution in [2.75, 3.05) is 25.5 Å². The molecule has 1 aromatic heterocycles. The maximum atomic E-state index is 12.5. The molecule has 0 radical (unpaired) electrons. The van der Waals surface area contributed by atoms with Crippen molar-refractivity contribution >= 4 is 11.6 Å². The third kappa shape index (κ3) is 5.45. The van der Waals surface area contributed by atoms with Crippen LogP contribution in [0.25, 0.3) is 11.4 Å². The predicted molar refractivity (Wildman–Crippen MR) is 117 cm³/mol. The number of nitrogens with zero attached hydrogens (tertiary/aromatic N) is 3. The smallest absolute Gasteiger partial charge is 0.241 e. The number of nitrogens with one attached hydrogen (secondary N) is 1. The van der Waals surface area contributed by atoms with Gasteiger partial charge in [-0.2, -0.15) is 4.98 Å². The standard InChI is InChI=1S/C23H28N4O3/c1-6-29-19-9-7-18(8-10-19)23-25-21(30-26-23)14-27(5)13-20(28)24-22-16(3)11-15(2)12-17(22)4/h7-12H,6,13-14H2,1-5H3,(H,24,28). The van der Waals surface area contributed by atoms with Crippen LogP contribution in [-0.4, -0.2) is 41.1 Å². The Morgan fingerprint density at radius 2 is 1.80 bits per heavy atom. The van der Waals surface area contributed by atoms with E-state index < -0.39 is 0 Å². The average Bonchev–Trinajstić information content (AvgIpc) is 3.13. The van der Waals surface area contributed by atoms with Crippen LogP contribution in [0, 0.1) is 20.8 Å². The lowest BCUT2D eigenvalue weighted by atomic mass is 10.1. The molecule has 7 heteroatoms. The van der Waals surface area contributed by atoms with E-state index in [1.165, 1.54) is 5.56 Å². The molecule has 2 aromatic carbocycles. The van der Waals surface area contributed by atoms with Gasteiger partial charge in [-0.15, -0.1) is 0 Å². The van der Waals surface area contributed by atoms with E-state index in [1.807, 2.05) is 63.9 Å². The summed E-state index contributed by atoms with van der Waals surface area (Å²) in [6.45, 7) is 9.20. The fourth-order valence-corrected chi connectivity index (χ4v) is 3.39. The second-order valence-electron chi connectivity index (χ2n) is 7.46. The minimum Gasteiger partial charge on any atom is -0.494 e. The first-order chi connectivity index (χ1) is 14.4. The molecular formula is C23H28N4O3. The highest BCUT2D eigenvalue weighted by Crippen LogP contribution is 2.22. The summed E-state index contributed by atoms with van der Waals surface area (Å²) in [6, 6.07) is 11.7. The van der Waals surface area contributed by atoms with Crippen LogP contribution in [-0.2, 0) is 11.3 Å². The number of carbonyl (C=O) groups is 1. The third-order valence-corrected chi connectivity index (χ3v) is 4.65. The number of benzene rings is 2. The molecule has 0 unspecified atom stereocenters. The van der Waals surface area contributed by atoms with Gasteiger partial charge in [0.25, 0.3) is 0 Å². The molecular weight excluding hydrogens is 380 g/mol. The van der Waals surface area contributed by atoms with Crippen molar-refractivity contribution in [2.45, 2.75) is 34.2 Å². The van der Waals surface area contributed by atoms with Gasteiger partial charge >= 0.3 is 0 Å². The highest BCUT2D eigenvalue weighted by molar-refractivity contribution is 5.93. The van der Waals surface area contributed by atoms with E-state index in [0.29, 0.717) is 24.9 Å². The van der Waals surface area contributed by atoms with Crippen molar-refractivity contribution < 1.29 is 14.1 Å². The van der Waals surface area contributed by atoms with Gasteiger partial charge < -0.3 is 14.6 Å². The highest BCUT2D eigenvalue weighted by Gasteiger charge is 2.14. The molecule has 3 aromatic rings. The molecule has 3 rings (SSSR count). The van der Waals surface area contributed by atoms with Gasteiger partial charge in [0, 0.05) is 11.3 Å². The lowest BCUT2D eigenvalue weighted by molar-refractivity contribution is -0.117. The Morgan fingerprint density at radius 3 is 2.43 bits per heavy atom. The van der Waals surface area contributed by atoms with E-state index in [0.717, 1.165) is 28.1 Å². The largest absolute Gasteiger partial charge is 0.494 e. The number of carbonyl (C=O) groups excluding carboxylic acids is 1. The summed E-state index contributed by atoms with van der Waals surface area (Å²) < 4.78 is 10.8. The quantitative estimate of drug-likeness (QED) is 0.604. The van der Waals surface area contributed by atoms with E-state index in [-0.39, 0.29) is 12.5 Å². The zero-order chi connectivity index (χ0) is 21.7. The zero-order valence-electron chi connectivity index (χ0n) is 18.2. The van der Waals surface area contributed by atoms with E-state index in [4.69, 9.17) is 9.26 Å². The number of anilines is 1. The van der Waals surface area contributed by atoms with Crippen LogP contribution in [0.4, 0.5) is 5.69 Å². The Kier molecular flexibility index (Phi) is 6.84. The van der Waals surface area contributed by atoms with Crippen LogP contribution < -0.4 is 10.1 Å². The molecule has 0 aliphatic rings. The Bertz CT molecular complexity index is 989. The summed E-state index contributed by atoms with van der Waals surface area (Å²) >= 11 is 0. The number of aromatic nitrogens is 2. The SMILES string of the molecule is CCOc1ccc(-c2noc(CN(C)CC(=O)Nc3c(C)cc(C)cc3C)n2)cc1. The molecule has 0 atom stereocenters. The zero-order valence-corrected chi connectivity index (χ0v) is 18.2. The summed E-state index contributed by atoms with van der Waals surface area (Å²) in [7, 11) is 1.84. The number of aryl methyl sites for hydroxylation is 3. The normalized spacial score (nSPS) is 11.0. The minimum atomic E-state index is -0.0844. The van der Waals surface area contributed by atoms with Gasteiger partial charge in [-0.25, -0.2) is 0 Å². The van der Waals surface area contributed by atoms with Gasteiger partial charge in [-0.05, 0) is 70.1 Å². The van der Waals surface area contributed by atoms with Crippen molar-refractivity contribution in [3.8, 4) is 17.1 Å². The van der Waals surface area contributed by atoms with E-state index in [9.17, 15) is 4.79 Å². The second kappa shape index (κ2) is 9.54. The fraction of sp³-hybridized carbons (Fsp3) is 0.348. The fourth-order valence-electron chi connectivity index (χ4n) is 3.39. The van der Waals surface area contributed by atoms with Crippen molar-refractivity contribution in [1.82, 2.24) is 15.0 Å². The molecule has 0 spiro atoms. The molecule has 1 heterocycles. The van der Waals surface area contributed by atoms with E-state index in [1.54, 1.807) is 0 Å². The van der Waals surface area contributed by atoms with Gasteiger partial charge in [0.2, 0.25) is 17.6 Å². The first-order valence-electron chi connectivity index (χ1n) is 9.97. The van der Waals surface area contributed by atoms with Crippen molar-refractivity contribution in [3.05, 3.63) is 59.0 Å². The first-order valence-corrected chi connectivity index (χ1v) is 9.97. The highest BCUT2D eigenvalue weighted by atomic mass is 16.5. The molecule has 158 valence electrons. The molecule has 0 aliphatic carbocycles. The molecule has 0 bridgehead atoms. The Balaban J connectivity index is 1.57. The molecule has 30 heavy (non-hydrogen) atoms. The monoisotopic (exact) mass is 408 g/mol. The predicted octanol–water partition coefficient (Wildman–Crippen LogP) is 4.13. The molecule has 0 aliphatic heterocycles. The first kappa shape index (κ1) is 21.5. The molecule has 1 amide bonds. The van der Waals surface area contributed by atoms with Crippen LogP contribution in [0.3, 0.4) is 0 Å². The average molecular weight is 409 g/mol. The van der Waals surface area contributed by atoms with Crippen LogP contribution in [0.2, 0.25) is 0 Å². The molecule has 0 saturated carbocycles.